The summed E-state index contributed by atoms with van der Waals surface area (Å²) in [6, 6.07) is 1.71. The zero-order chi connectivity index (χ0) is 18.5. The van der Waals surface area contributed by atoms with Crippen LogP contribution in [0, 0.1) is 6.92 Å². The monoisotopic (exact) mass is 362 g/mol. The topological polar surface area (TPSA) is 91.4 Å². The van der Waals surface area contributed by atoms with Crippen LogP contribution in [0.5, 0.6) is 5.88 Å². The number of ether oxygens (including phenoxy) is 2. The van der Waals surface area contributed by atoms with E-state index in [1.54, 1.807) is 13.1 Å². The van der Waals surface area contributed by atoms with Crippen LogP contribution in [0.15, 0.2) is 10.6 Å². The normalized spacial score (nSPS) is 16.8. The van der Waals surface area contributed by atoms with Crippen LogP contribution in [0.25, 0.3) is 0 Å². The van der Waals surface area contributed by atoms with Gasteiger partial charge in [-0.15, -0.1) is 5.10 Å². The molecule has 1 saturated heterocycles. The first-order valence-electron chi connectivity index (χ1n) is 9.08. The van der Waals surface area contributed by atoms with Crippen LogP contribution in [-0.2, 0) is 24.8 Å². The molecule has 1 aliphatic rings. The van der Waals surface area contributed by atoms with Crippen molar-refractivity contribution in [1.82, 2.24) is 20.3 Å². The van der Waals surface area contributed by atoms with E-state index >= 15 is 0 Å². The van der Waals surface area contributed by atoms with Gasteiger partial charge in [-0.2, -0.15) is 0 Å². The number of rotatable bonds is 8. The Hall–Kier alpha value is -2.35. The van der Waals surface area contributed by atoms with Crippen molar-refractivity contribution < 1.29 is 18.8 Å². The van der Waals surface area contributed by atoms with Crippen molar-refractivity contribution in [3.05, 3.63) is 28.8 Å². The van der Waals surface area contributed by atoms with E-state index in [9.17, 15) is 4.79 Å². The van der Waals surface area contributed by atoms with Gasteiger partial charge in [0.2, 0.25) is 5.88 Å². The van der Waals surface area contributed by atoms with Crippen LogP contribution in [0.4, 0.5) is 0 Å². The summed E-state index contributed by atoms with van der Waals surface area (Å²) in [6.07, 6.45) is 3.85. The van der Waals surface area contributed by atoms with E-state index in [1.807, 2.05) is 6.92 Å². The molecule has 0 aromatic carbocycles. The average Bonchev–Trinajstić information content (AvgIpc) is 3.33. The summed E-state index contributed by atoms with van der Waals surface area (Å²) in [6.45, 7) is 5.58. The Bertz CT molecular complexity index is 746. The number of aromatic nitrogens is 3. The smallest absolute Gasteiger partial charge is 0.269 e. The highest BCUT2D eigenvalue weighted by atomic mass is 16.5. The van der Waals surface area contributed by atoms with Crippen LogP contribution in [-0.4, -0.2) is 40.1 Å². The molecule has 3 heterocycles. The maximum absolute atomic E-state index is 12.4. The average molecular weight is 362 g/mol. The van der Waals surface area contributed by atoms with E-state index in [2.05, 4.69) is 22.5 Å². The molecule has 1 N–H and O–H groups in total. The second kappa shape index (κ2) is 8.35. The van der Waals surface area contributed by atoms with Gasteiger partial charge in [-0.25, -0.2) is 0 Å². The largest absolute Gasteiger partial charge is 0.472 e. The van der Waals surface area contributed by atoms with Crippen molar-refractivity contribution in [1.29, 1.82) is 0 Å². The molecule has 3 rings (SSSR count). The van der Waals surface area contributed by atoms with Gasteiger partial charge in [0.15, 0.2) is 0 Å². The number of hydrogen-bond acceptors (Lipinski definition) is 6. The maximum atomic E-state index is 12.4. The Balaban J connectivity index is 1.62. The number of nitrogens with zero attached hydrogens (tertiary/aromatic N) is 3. The predicted molar refractivity (Wildman–Crippen MR) is 94.1 cm³/mol. The molecule has 0 radical (unpaired) electrons. The fraction of sp³-hybridized carbons (Fsp3) is 0.611. The Morgan fingerprint density at radius 1 is 1.50 bits per heavy atom. The van der Waals surface area contributed by atoms with Crippen molar-refractivity contribution in [2.75, 3.05) is 13.2 Å². The fourth-order valence-corrected chi connectivity index (χ4v) is 2.94. The molecule has 1 aliphatic heterocycles. The molecule has 0 saturated carbocycles. The minimum absolute atomic E-state index is 0.0579. The van der Waals surface area contributed by atoms with Crippen LogP contribution < -0.4 is 10.1 Å². The van der Waals surface area contributed by atoms with Gasteiger partial charge in [0.05, 0.1) is 23.9 Å². The first-order chi connectivity index (χ1) is 12.6. The zero-order valence-corrected chi connectivity index (χ0v) is 15.6. The fourth-order valence-electron chi connectivity index (χ4n) is 2.94. The summed E-state index contributed by atoms with van der Waals surface area (Å²) in [5.74, 6) is 0.990. The number of hydrogen-bond donors (Lipinski definition) is 1. The lowest BCUT2D eigenvalue weighted by molar-refractivity contribution is 0.0920. The van der Waals surface area contributed by atoms with Gasteiger partial charge < -0.3 is 19.3 Å². The Morgan fingerprint density at radius 2 is 2.35 bits per heavy atom. The molecule has 2 aromatic heterocycles. The lowest BCUT2D eigenvalue weighted by Crippen LogP contribution is -2.36. The second-order valence-electron chi connectivity index (χ2n) is 6.58. The molecule has 1 unspecified atom stereocenters. The number of amides is 1. The second-order valence-corrected chi connectivity index (χ2v) is 6.58. The summed E-state index contributed by atoms with van der Waals surface area (Å²) in [5.41, 5.74) is 2.35. The minimum atomic E-state index is -0.171. The quantitative estimate of drug-likeness (QED) is 0.774. The summed E-state index contributed by atoms with van der Waals surface area (Å²) in [4.78, 5) is 12.4. The van der Waals surface area contributed by atoms with Crippen molar-refractivity contribution >= 4 is 5.91 Å². The van der Waals surface area contributed by atoms with Crippen LogP contribution in [0.1, 0.15) is 53.7 Å². The van der Waals surface area contributed by atoms with Gasteiger partial charge in [0.1, 0.15) is 18.1 Å². The molecule has 1 atom stereocenters. The molecule has 0 spiro atoms. The molecule has 1 amide bonds. The molecule has 0 aliphatic carbocycles. The van der Waals surface area contributed by atoms with Crippen molar-refractivity contribution in [2.24, 2.45) is 7.05 Å². The highest BCUT2D eigenvalue weighted by Crippen LogP contribution is 2.19. The first-order valence-corrected chi connectivity index (χ1v) is 9.08. The standard InChI is InChI=1S/C18H26N4O4/c1-4-5-6-15-14(12(2)26-21-15)11-25-17-9-16(22(3)20-17)18(23)19-13-7-8-24-10-13/h9,13H,4-8,10-11H2,1-3H3,(H,19,23). The van der Waals surface area contributed by atoms with Crippen molar-refractivity contribution in [3.63, 3.8) is 0 Å². The van der Waals surface area contributed by atoms with Crippen LogP contribution >= 0.6 is 0 Å². The van der Waals surface area contributed by atoms with E-state index in [1.165, 1.54) is 4.68 Å². The van der Waals surface area contributed by atoms with E-state index in [0.29, 0.717) is 31.4 Å². The predicted octanol–water partition coefficient (Wildman–Crippen LogP) is 2.16. The third kappa shape index (κ3) is 4.24. The zero-order valence-electron chi connectivity index (χ0n) is 15.6. The van der Waals surface area contributed by atoms with Crippen LogP contribution in [0.3, 0.4) is 0 Å². The Kier molecular flexibility index (Phi) is 5.92. The lowest BCUT2D eigenvalue weighted by atomic mass is 10.1. The third-order valence-corrected chi connectivity index (χ3v) is 4.55. The SMILES string of the molecule is CCCCc1noc(C)c1COc1cc(C(=O)NC2CCOC2)n(C)n1. The highest BCUT2D eigenvalue weighted by Gasteiger charge is 2.22. The van der Waals surface area contributed by atoms with Gasteiger partial charge >= 0.3 is 0 Å². The van der Waals surface area contributed by atoms with E-state index in [4.69, 9.17) is 14.0 Å². The maximum Gasteiger partial charge on any atom is 0.269 e. The van der Waals surface area contributed by atoms with E-state index in [0.717, 1.165) is 42.7 Å². The number of nitrogens with one attached hydrogen (secondary N) is 1. The summed E-state index contributed by atoms with van der Waals surface area (Å²) in [7, 11) is 1.73. The Morgan fingerprint density at radius 3 is 3.08 bits per heavy atom. The molecular formula is C18H26N4O4. The molecule has 8 heteroatoms. The molecule has 0 bridgehead atoms. The lowest BCUT2D eigenvalue weighted by Gasteiger charge is -2.09. The number of carbonyl (C=O) groups excluding carboxylic acids is 1. The van der Waals surface area contributed by atoms with E-state index < -0.39 is 0 Å². The number of unbranched alkanes of at least 4 members (excludes halogenated alkanes) is 1. The number of carbonyl (C=O) groups is 1. The van der Waals surface area contributed by atoms with Gasteiger partial charge in [0.25, 0.3) is 5.91 Å². The van der Waals surface area contributed by atoms with Gasteiger partial charge in [-0.05, 0) is 26.2 Å². The van der Waals surface area contributed by atoms with Crippen molar-refractivity contribution in [2.45, 2.75) is 52.2 Å². The van der Waals surface area contributed by atoms with E-state index in [-0.39, 0.29) is 11.9 Å². The van der Waals surface area contributed by atoms with Crippen molar-refractivity contribution in [3.8, 4) is 5.88 Å². The van der Waals surface area contributed by atoms with Gasteiger partial charge in [-0.3, -0.25) is 9.48 Å². The molecule has 2 aromatic rings. The number of aryl methyl sites for hydroxylation is 3. The van der Waals surface area contributed by atoms with Crippen LogP contribution in [0.2, 0.25) is 0 Å². The molecular weight excluding hydrogens is 336 g/mol. The van der Waals surface area contributed by atoms with Gasteiger partial charge in [0, 0.05) is 19.7 Å². The minimum Gasteiger partial charge on any atom is -0.472 e. The van der Waals surface area contributed by atoms with Gasteiger partial charge in [-0.1, -0.05) is 18.5 Å². The highest BCUT2D eigenvalue weighted by molar-refractivity contribution is 5.93. The molecule has 1 fully saturated rings. The first kappa shape index (κ1) is 18.4. The summed E-state index contributed by atoms with van der Waals surface area (Å²) < 4.78 is 17.9. The Labute approximate surface area is 152 Å². The molecule has 8 nitrogen and oxygen atoms in total. The summed E-state index contributed by atoms with van der Waals surface area (Å²) >= 11 is 0. The molecule has 142 valence electrons. The third-order valence-electron chi connectivity index (χ3n) is 4.55. The summed E-state index contributed by atoms with van der Waals surface area (Å²) in [5, 5.41) is 11.4. The molecule has 26 heavy (non-hydrogen) atoms.